The molecule has 4 aromatic rings. The molecule has 2 N–H and O–H groups in total. The van der Waals surface area contributed by atoms with Crippen molar-refractivity contribution in [3.63, 3.8) is 0 Å². The fourth-order valence-corrected chi connectivity index (χ4v) is 5.13. The number of hydrogen-bond acceptors (Lipinski definition) is 6. The van der Waals surface area contributed by atoms with Gasteiger partial charge in [0.25, 0.3) is 11.1 Å². The largest absolute Gasteiger partial charge is 0.354 e. The first-order chi connectivity index (χ1) is 17.4. The number of benzene rings is 2. The van der Waals surface area contributed by atoms with E-state index in [1.165, 1.54) is 32.9 Å². The summed E-state index contributed by atoms with van der Waals surface area (Å²) < 4.78 is 29.8. The molecule has 10 nitrogen and oxygen atoms in total. The molecule has 0 unspecified atom stereocenters. The van der Waals surface area contributed by atoms with Crippen LogP contribution in [0.3, 0.4) is 0 Å². The molecule has 37 heavy (non-hydrogen) atoms. The van der Waals surface area contributed by atoms with Gasteiger partial charge in [-0.15, -0.1) is 0 Å². The van der Waals surface area contributed by atoms with Crippen molar-refractivity contribution in [2.45, 2.75) is 32.7 Å². The van der Waals surface area contributed by atoms with Crippen molar-refractivity contribution < 1.29 is 8.42 Å². The van der Waals surface area contributed by atoms with Gasteiger partial charge in [-0.05, 0) is 56.5 Å². The van der Waals surface area contributed by atoms with Crippen LogP contribution in [0.15, 0.2) is 62.9 Å². The van der Waals surface area contributed by atoms with Crippen molar-refractivity contribution in [1.29, 1.82) is 0 Å². The van der Waals surface area contributed by atoms with Crippen molar-refractivity contribution in [3.05, 3.63) is 90.8 Å². The SMILES string of the molecule is Cc1ccc(Nc2cc(=O)n(C)c3c2c(=O)n(C2CC2)c(=O)n3-c2cccc(NS(C)(=O)=O)c2)c(C)c1. The van der Waals surface area contributed by atoms with E-state index in [0.717, 1.165) is 23.1 Å². The molecule has 1 saturated carbocycles. The highest BCUT2D eigenvalue weighted by atomic mass is 32.2. The van der Waals surface area contributed by atoms with Gasteiger partial charge >= 0.3 is 5.69 Å². The van der Waals surface area contributed by atoms with E-state index in [0.29, 0.717) is 24.2 Å². The summed E-state index contributed by atoms with van der Waals surface area (Å²) in [5.74, 6) is 0. The number of anilines is 3. The molecular formula is C26H27N5O5S. The zero-order valence-corrected chi connectivity index (χ0v) is 21.7. The van der Waals surface area contributed by atoms with Gasteiger partial charge in [-0.25, -0.2) is 17.8 Å². The van der Waals surface area contributed by atoms with Gasteiger partial charge in [0, 0.05) is 24.8 Å². The molecule has 0 radical (unpaired) electrons. The Kier molecular flexibility index (Phi) is 5.82. The Hall–Kier alpha value is -4.12. The Labute approximate surface area is 212 Å². The van der Waals surface area contributed by atoms with Crippen LogP contribution in [0.25, 0.3) is 16.7 Å². The van der Waals surface area contributed by atoms with Crippen LogP contribution in [-0.4, -0.2) is 28.4 Å². The molecule has 1 aliphatic rings. The number of sulfonamides is 1. The molecular weight excluding hydrogens is 494 g/mol. The van der Waals surface area contributed by atoms with Crippen molar-refractivity contribution in [2.24, 2.45) is 7.05 Å². The Morgan fingerprint density at radius 2 is 1.68 bits per heavy atom. The zero-order valence-electron chi connectivity index (χ0n) is 20.9. The highest BCUT2D eigenvalue weighted by Crippen LogP contribution is 2.34. The van der Waals surface area contributed by atoms with E-state index < -0.39 is 26.8 Å². The maximum atomic E-state index is 13.8. The second kappa shape index (κ2) is 8.77. The van der Waals surface area contributed by atoms with E-state index in [9.17, 15) is 22.8 Å². The highest BCUT2D eigenvalue weighted by molar-refractivity contribution is 7.92. The predicted molar refractivity (Wildman–Crippen MR) is 145 cm³/mol. The third kappa shape index (κ3) is 4.57. The minimum Gasteiger partial charge on any atom is -0.354 e. The molecule has 1 fully saturated rings. The summed E-state index contributed by atoms with van der Waals surface area (Å²) >= 11 is 0. The quantitative estimate of drug-likeness (QED) is 0.402. The van der Waals surface area contributed by atoms with Gasteiger partial charge in [0.1, 0.15) is 11.0 Å². The summed E-state index contributed by atoms with van der Waals surface area (Å²) in [6.07, 6.45) is 2.42. The number of aryl methyl sites for hydroxylation is 3. The van der Waals surface area contributed by atoms with Crippen LogP contribution in [-0.2, 0) is 17.1 Å². The molecule has 2 aromatic carbocycles. The maximum Gasteiger partial charge on any atom is 0.337 e. The first kappa shape index (κ1) is 24.6. The van der Waals surface area contributed by atoms with E-state index in [1.807, 2.05) is 32.0 Å². The first-order valence-corrected chi connectivity index (χ1v) is 13.7. The average molecular weight is 522 g/mol. The van der Waals surface area contributed by atoms with Crippen LogP contribution >= 0.6 is 0 Å². The molecule has 2 aromatic heterocycles. The van der Waals surface area contributed by atoms with Crippen LogP contribution in [0, 0.1) is 13.8 Å². The van der Waals surface area contributed by atoms with Gasteiger partial charge in [0.2, 0.25) is 10.0 Å². The summed E-state index contributed by atoms with van der Waals surface area (Å²) in [4.78, 5) is 40.6. The monoisotopic (exact) mass is 521 g/mol. The smallest absolute Gasteiger partial charge is 0.337 e. The predicted octanol–water partition coefficient (Wildman–Crippen LogP) is 2.92. The molecule has 0 atom stereocenters. The molecule has 1 aliphatic carbocycles. The zero-order chi connectivity index (χ0) is 26.6. The van der Waals surface area contributed by atoms with Crippen molar-refractivity contribution in [2.75, 3.05) is 16.3 Å². The summed E-state index contributed by atoms with van der Waals surface area (Å²) in [5, 5.41) is 3.43. The minimum absolute atomic E-state index is 0.114. The topological polar surface area (TPSA) is 124 Å². The third-order valence-electron chi connectivity index (χ3n) is 6.42. The van der Waals surface area contributed by atoms with Crippen LogP contribution in [0.4, 0.5) is 17.1 Å². The van der Waals surface area contributed by atoms with Crippen LogP contribution in [0.5, 0.6) is 0 Å². The number of nitrogens with zero attached hydrogens (tertiary/aromatic N) is 3. The Bertz CT molecular complexity index is 1860. The van der Waals surface area contributed by atoms with Gasteiger partial charge in [-0.2, -0.15) is 0 Å². The van der Waals surface area contributed by atoms with E-state index in [4.69, 9.17) is 0 Å². The van der Waals surface area contributed by atoms with Gasteiger partial charge in [0.15, 0.2) is 0 Å². The summed E-state index contributed by atoms with van der Waals surface area (Å²) in [6, 6.07) is 13.2. The van der Waals surface area contributed by atoms with Gasteiger partial charge < -0.3 is 5.32 Å². The maximum absolute atomic E-state index is 13.8. The lowest BCUT2D eigenvalue weighted by atomic mass is 10.1. The summed E-state index contributed by atoms with van der Waals surface area (Å²) in [7, 11) is -2.07. The second-order valence-electron chi connectivity index (χ2n) is 9.55. The average Bonchev–Trinajstić information content (AvgIpc) is 3.63. The molecule has 5 rings (SSSR count). The lowest BCUT2D eigenvalue weighted by molar-refractivity contribution is 0.607. The van der Waals surface area contributed by atoms with Crippen molar-refractivity contribution in [3.8, 4) is 5.69 Å². The summed E-state index contributed by atoms with van der Waals surface area (Å²) in [6.45, 7) is 3.90. The molecule has 11 heteroatoms. The van der Waals surface area contributed by atoms with Crippen LogP contribution < -0.4 is 26.8 Å². The van der Waals surface area contributed by atoms with Gasteiger partial charge in [-0.1, -0.05) is 23.8 Å². The lowest BCUT2D eigenvalue weighted by Crippen LogP contribution is -2.41. The van der Waals surface area contributed by atoms with Gasteiger partial charge in [-0.3, -0.25) is 23.4 Å². The molecule has 0 aliphatic heterocycles. The minimum atomic E-state index is -3.57. The van der Waals surface area contributed by atoms with Crippen LogP contribution in [0.2, 0.25) is 0 Å². The Balaban J connectivity index is 1.86. The molecule has 0 amide bonds. The number of pyridine rings is 1. The molecule has 0 bridgehead atoms. The first-order valence-electron chi connectivity index (χ1n) is 11.8. The highest BCUT2D eigenvalue weighted by Gasteiger charge is 2.31. The Morgan fingerprint density at radius 3 is 2.32 bits per heavy atom. The number of hydrogen-bond donors (Lipinski definition) is 2. The number of nitrogens with one attached hydrogen (secondary N) is 2. The van der Waals surface area contributed by atoms with E-state index in [1.54, 1.807) is 18.2 Å². The van der Waals surface area contributed by atoms with E-state index in [2.05, 4.69) is 10.0 Å². The lowest BCUT2D eigenvalue weighted by Gasteiger charge is -2.19. The van der Waals surface area contributed by atoms with E-state index in [-0.39, 0.29) is 22.8 Å². The van der Waals surface area contributed by atoms with Crippen molar-refractivity contribution in [1.82, 2.24) is 13.7 Å². The Morgan fingerprint density at radius 1 is 0.946 bits per heavy atom. The molecule has 0 spiro atoms. The van der Waals surface area contributed by atoms with E-state index >= 15 is 0 Å². The normalized spacial score (nSPS) is 13.6. The molecule has 192 valence electrons. The molecule has 2 heterocycles. The van der Waals surface area contributed by atoms with Crippen LogP contribution in [0.1, 0.15) is 30.0 Å². The summed E-state index contributed by atoms with van der Waals surface area (Å²) in [5.41, 5.74) is 2.23. The van der Waals surface area contributed by atoms with Crippen molar-refractivity contribution >= 4 is 38.1 Å². The number of aromatic nitrogens is 3. The standard InChI is InChI=1S/C26H27N5O5S/c1-15-8-11-20(16(2)12-15)27-21-14-22(32)29(3)24-23(21)25(33)31(18-9-10-18)26(34)30(24)19-7-5-6-17(13-19)28-37(4,35)36/h5-8,11-14,18,27-28H,9-10H2,1-4H3. The fourth-order valence-electron chi connectivity index (χ4n) is 4.57. The molecule has 0 saturated heterocycles. The fraction of sp³-hybridized carbons (Fsp3) is 0.269. The number of rotatable bonds is 6. The third-order valence-corrected chi connectivity index (χ3v) is 7.03. The number of fused-ring (bicyclic) bond motifs is 1. The van der Waals surface area contributed by atoms with Gasteiger partial charge in [0.05, 0.1) is 23.3 Å². The second-order valence-corrected chi connectivity index (χ2v) is 11.3.